The van der Waals surface area contributed by atoms with Crippen LogP contribution in [0.2, 0.25) is 0 Å². The standard InChI is InChI=1S/C18H21N3OS.C4H4O4/c1-20(2)12-11-19-13-18(22)21-14-7-3-5-9-16(14)23-17-10-6-4-8-15(17)21;5-3(6)1-2-4(7)8/h3-10,19H,11-13H2,1-2H3;1-2H,(H,5,6)(H,7,8)/b;2-1-. The van der Waals surface area contributed by atoms with E-state index < -0.39 is 11.9 Å². The topological polar surface area (TPSA) is 110 Å². The van der Waals surface area contributed by atoms with Gasteiger partial charge >= 0.3 is 11.9 Å². The van der Waals surface area contributed by atoms with Crippen LogP contribution in [0.25, 0.3) is 0 Å². The minimum absolute atomic E-state index is 0.0731. The zero-order chi connectivity index (χ0) is 22.8. The SMILES string of the molecule is CN(C)CCNCC(=O)N1c2ccccc2Sc2ccccc21.O=C(O)/C=C\C(=O)O. The Bertz CT molecular complexity index is 900. The van der Waals surface area contributed by atoms with Crippen LogP contribution >= 0.6 is 11.8 Å². The Morgan fingerprint density at radius 1 is 0.935 bits per heavy atom. The quantitative estimate of drug-likeness (QED) is 0.443. The molecule has 164 valence electrons. The van der Waals surface area contributed by atoms with Crippen LogP contribution in [0.15, 0.2) is 70.5 Å². The molecule has 2 aromatic rings. The number of nitrogens with zero attached hydrogens (tertiary/aromatic N) is 2. The molecule has 3 N–H and O–H groups in total. The molecule has 1 aliphatic heterocycles. The monoisotopic (exact) mass is 443 g/mol. The summed E-state index contributed by atoms with van der Waals surface area (Å²) in [4.78, 5) is 38.1. The minimum Gasteiger partial charge on any atom is -0.478 e. The Balaban J connectivity index is 0.000000366. The molecule has 0 atom stereocenters. The fraction of sp³-hybridized carbons (Fsp3) is 0.227. The molecule has 0 fully saturated rings. The maximum Gasteiger partial charge on any atom is 0.328 e. The summed E-state index contributed by atoms with van der Waals surface area (Å²) in [6.07, 6.45) is 1.12. The number of hydrogen-bond acceptors (Lipinski definition) is 6. The van der Waals surface area contributed by atoms with Crippen LogP contribution in [-0.2, 0) is 14.4 Å². The summed E-state index contributed by atoms with van der Waals surface area (Å²) in [5, 5.41) is 18.9. The van der Waals surface area contributed by atoms with Crippen molar-refractivity contribution >= 4 is 41.0 Å². The molecule has 0 aromatic heterocycles. The maximum absolute atomic E-state index is 12.8. The van der Waals surface area contributed by atoms with E-state index in [2.05, 4.69) is 22.3 Å². The van der Waals surface area contributed by atoms with Gasteiger partial charge in [0, 0.05) is 35.0 Å². The molecule has 1 heterocycles. The smallest absolute Gasteiger partial charge is 0.328 e. The van der Waals surface area contributed by atoms with Gasteiger partial charge in [0.15, 0.2) is 0 Å². The van der Waals surface area contributed by atoms with E-state index in [1.54, 1.807) is 11.8 Å². The normalized spacial score (nSPS) is 12.0. The van der Waals surface area contributed by atoms with Crippen molar-refractivity contribution in [2.45, 2.75) is 9.79 Å². The summed E-state index contributed by atoms with van der Waals surface area (Å²) in [7, 11) is 4.05. The third-order valence-electron chi connectivity index (χ3n) is 4.06. The van der Waals surface area contributed by atoms with E-state index in [1.165, 1.54) is 0 Å². The van der Waals surface area contributed by atoms with E-state index in [0.29, 0.717) is 18.7 Å². The summed E-state index contributed by atoms with van der Waals surface area (Å²) in [6.45, 7) is 2.04. The van der Waals surface area contributed by atoms with Crippen molar-refractivity contribution in [3.63, 3.8) is 0 Å². The van der Waals surface area contributed by atoms with Crippen molar-refractivity contribution < 1.29 is 24.6 Å². The molecular formula is C22H25N3O5S. The third-order valence-corrected chi connectivity index (χ3v) is 5.19. The third kappa shape index (κ3) is 7.56. The number of para-hydroxylation sites is 2. The summed E-state index contributed by atoms with van der Waals surface area (Å²) in [5.41, 5.74) is 1.94. The van der Waals surface area contributed by atoms with Crippen LogP contribution in [0.3, 0.4) is 0 Å². The number of nitrogens with one attached hydrogen (secondary N) is 1. The van der Waals surface area contributed by atoms with Gasteiger partial charge in [0.05, 0.1) is 17.9 Å². The molecule has 0 aliphatic carbocycles. The largest absolute Gasteiger partial charge is 0.478 e. The number of carbonyl (C=O) groups is 3. The molecule has 31 heavy (non-hydrogen) atoms. The minimum atomic E-state index is -1.26. The highest BCUT2D eigenvalue weighted by atomic mass is 32.2. The van der Waals surface area contributed by atoms with Gasteiger partial charge in [-0.2, -0.15) is 0 Å². The molecule has 0 saturated heterocycles. The number of aliphatic carboxylic acids is 2. The van der Waals surface area contributed by atoms with Gasteiger partial charge in [-0.05, 0) is 38.4 Å². The van der Waals surface area contributed by atoms with E-state index in [1.807, 2.05) is 55.4 Å². The molecule has 0 spiro atoms. The van der Waals surface area contributed by atoms with Gasteiger partial charge in [-0.15, -0.1) is 0 Å². The van der Waals surface area contributed by atoms with Gasteiger partial charge in [0.1, 0.15) is 0 Å². The second-order valence-corrected chi connectivity index (χ2v) is 7.84. The fourth-order valence-electron chi connectivity index (χ4n) is 2.69. The average Bonchev–Trinajstić information content (AvgIpc) is 2.73. The van der Waals surface area contributed by atoms with Crippen LogP contribution in [0.1, 0.15) is 0 Å². The van der Waals surface area contributed by atoms with Crippen molar-refractivity contribution in [1.29, 1.82) is 0 Å². The lowest BCUT2D eigenvalue weighted by Crippen LogP contribution is -2.38. The summed E-state index contributed by atoms with van der Waals surface area (Å²) in [6, 6.07) is 16.1. The molecule has 0 saturated carbocycles. The first kappa shape index (κ1) is 24.1. The Kier molecular flexibility index (Phi) is 9.26. The van der Waals surface area contributed by atoms with Crippen molar-refractivity contribution in [2.75, 3.05) is 38.6 Å². The van der Waals surface area contributed by atoms with E-state index >= 15 is 0 Å². The summed E-state index contributed by atoms with van der Waals surface area (Å²) < 4.78 is 0. The van der Waals surface area contributed by atoms with Gasteiger partial charge in [-0.1, -0.05) is 36.0 Å². The highest BCUT2D eigenvalue weighted by Crippen LogP contribution is 2.47. The molecule has 0 bridgehead atoms. The molecule has 2 aromatic carbocycles. The predicted octanol–water partition coefficient (Wildman–Crippen LogP) is 2.68. The summed E-state index contributed by atoms with van der Waals surface area (Å²) in [5.74, 6) is -2.44. The molecule has 0 radical (unpaired) electrons. The van der Waals surface area contributed by atoms with E-state index in [-0.39, 0.29) is 5.91 Å². The zero-order valence-corrected chi connectivity index (χ0v) is 18.1. The van der Waals surface area contributed by atoms with E-state index in [0.717, 1.165) is 34.3 Å². The number of amides is 1. The number of fused-ring (bicyclic) bond motifs is 2. The average molecular weight is 444 g/mol. The first-order chi connectivity index (χ1) is 14.8. The highest BCUT2D eigenvalue weighted by Gasteiger charge is 2.27. The Hall–Kier alpha value is -3.14. The van der Waals surface area contributed by atoms with Gasteiger partial charge in [-0.25, -0.2) is 9.59 Å². The van der Waals surface area contributed by atoms with Crippen LogP contribution in [0.5, 0.6) is 0 Å². The van der Waals surface area contributed by atoms with Crippen LogP contribution in [0.4, 0.5) is 11.4 Å². The predicted molar refractivity (Wildman–Crippen MR) is 120 cm³/mol. The van der Waals surface area contributed by atoms with Gasteiger partial charge in [0.25, 0.3) is 0 Å². The Labute approximate surface area is 185 Å². The van der Waals surface area contributed by atoms with Crippen LogP contribution in [0, 0.1) is 0 Å². The van der Waals surface area contributed by atoms with Crippen molar-refractivity contribution in [3.8, 4) is 0 Å². The number of carbonyl (C=O) groups excluding carboxylic acids is 1. The van der Waals surface area contributed by atoms with Gasteiger partial charge in [0.2, 0.25) is 5.91 Å². The molecule has 1 amide bonds. The molecule has 8 nitrogen and oxygen atoms in total. The van der Waals surface area contributed by atoms with E-state index in [4.69, 9.17) is 10.2 Å². The number of anilines is 2. The maximum atomic E-state index is 12.8. The number of carboxylic acids is 2. The number of rotatable bonds is 7. The lowest BCUT2D eigenvalue weighted by atomic mass is 10.2. The lowest BCUT2D eigenvalue weighted by Gasteiger charge is -2.31. The van der Waals surface area contributed by atoms with Crippen LogP contribution < -0.4 is 10.2 Å². The van der Waals surface area contributed by atoms with Gasteiger partial charge < -0.3 is 20.4 Å². The Morgan fingerprint density at radius 2 is 1.42 bits per heavy atom. The van der Waals surface area contributed by atoms with Crippen molar-refractivity contribution in [3.05, 3.63) is 60.7 Å². The second-order valence-electron chi connectivity index (χ2n) is 6.76. The number of benzene rings is 2. The molecule has 3 rings (SSSR count). The molecular weight excluding hydrogens is 418 g/mol. The zero-order valence-electron chi connectivity index (χ0n) is 17.3. The fourth-order valence-corrected chi connectivity index (χ4v) is 3.75. The number of hydrogen-bond donors (Lipinski definition) is 3. The summed E-state index contributed by atoms with van der Waals surface area (Å²) >= 11 is 1.71. The first-order valence-corrected chi connectivity index (χ1v) is 10.3. The van der Waals surface area contributed by atoms with E-state index in [9.17, 15) is 14.4 Å². The number of carboxylic acid groups (broad SMARTS) is 2. The lowest BCUT2D eigenvalue weighted by molar-refractivity contribution is -0.134. The molecule has 1 aliphatic rings. The van der Waals surface area contributed by atoms with Crippen molar-refractivity contribution in [2.24, 2.45) is 0 Å². The first-order valence-electron chi connectivity index (χ1n) is 9.48. The molecule has 9 heteroatoms. The molecule has 0 unspecified atom stereocenters. The highest BCUT2D eigenvalue weighted by molar-refractivity contribution is 7.99. The van der Waals surface area contributed by atoms with Crippen LogP contribution in [-0.4, -0.2) is 66.7 Å². The number of likely N-dealkylation sites (N-methyl/N-ethyl adjacent to an activating group) is 1. The van der Waals surface area contributed by atoms with Crippen molar-refractivity contribution in [1.82, 2.24) is 10.2 Å². The van der Waals surface area contributed by atoms with Gasteiger partial charge in [-0.3, -0.25) is 9.69 Å². The second kappa shape index (κ2) is 11.9. The Morgan fingerprint density at radius 3 is 1.87 bits per heavy atom.